The molecule has 5 nitrogen and oxygen atoms in total. The Bertz CT molecular complexity index is 747. The first-order chi connectivity index (χ1) is 10.7. The van der Waals surface area contributed by atoms with E-state index < -0.39 is 0 Å². The number of rotatable bonds is 5. The van der Waals surface area contributed by atoms with E-state index in [2.05, 4.69) is 25.3 Å². The summed E-state index contributed by atoms with van der Waals surface area (Å²) >= 11 is 7.69. The Labute approximate surface area is 137 Å². The monoisotopic (exact) mass is 331 g/mol. The largest absolute Gasteiger partial charge is 0.351 e. The van der Waals surface area contributed by atoms with Gasteiger partial charge >= 0.3 is 0 Å². The van der Waals surface area contributed by atoms with Gasteiger partial charge in [-0.2, -0.15) is 0 Å². The molecule has 112 valence electrons. The molecule has 0 aromatic carbocycles. The normalized spacial score (nSPS) is 12.1. The fourth-order valence-electron chi connectivity index (χ4n) is 2.03. The quantitative estimate of drug-likeness (QED) is 0.772. The maximum absolute atomic E-state index is 6.14. The van der Waals surface area contributed by atoms with Crippen LogP contribution in [0.4, 0.5) is 5.95 Å². The van der Waals surface area contributed by atoms with E-state index in [0.717, 1.165) is 16.4 Å². The van der Waals surface area contributed by atoms with E-state index in [4.69, 9.17) is 11.6 Å². The molecule has 0 saturated heterocycles. The molecule has 3 aromatic rings. The molecule has 3 aromatic heterocycles. The summed E-state index contributed by atoms with van der Waals surface area (Å²) in [4.78, 5) is 17.3. The summed E-state index contributed by atoms with van der Waals surface area (Å²) in [5.41, 5.74) is 1.68. The Morgan fingerprint density at radius 1 is 1.18 bits per heavy atom. The second kappa shape index (κ2) is 6.81. The standard InChI is InChI=1S/C15H14ClN5S/c1-10(9-13-11(16)3-2-5-17-13)20-15-19-6-4-12(21-15)14-18-7-8-22-14/h2-8,10H,9H2,1H3,(H,19,20,21). The minimum Gasteiger partial charge on any atom is -0.351 e. The fraction of sp³-hybridized carbons (Fsp3) is 0.200. The first-order valence-electron chi connectivity index (χ1n) is 6.81. The highest BCUT2D eigenvalue weighted by Crippen LogP contribution is 2.20. The van der Waals surface area contributed by atoms with Crippen molar-refractivity contribution in [1.29, 1.82) is 0 Å². The molecule has 0 spiro atoms. The lowest BCUT2D eigenvalue weighted by Crippen LogP contribution is -2.20. The Morgan fingerprint density at radius 2 is 2.09 bits per heavy atom. The zero-order chi connectivity index (χ0) is 15.4. The molecule has 0 amide bonds. The topological polar surface area (TPSA) is 63.6 Å². The molecule has 0 aliphatic heterocycles. The van der Waals surface area contributed by atoms with Gasteiger partial charge in [0, 0.05) is 36.4 Å². The van der Waals surface area contributed by atoms with Gasteiger partial charge in [0.15, 0.2) is 0 Å². The van der Waals surface area contributed by atoms with Crippen molar-refractivity contribution in [1.82, 2.24) is 19.9 Å². The van der Waals surface area contributed by atoms with E-state index in [0.29, 0.717) is 17.4 Å². The minimum atomic E-state index is 0.110. The van der Waals surface area contributed by atoms with Crippen LogP contribution in [0.5, 0.6) is 0 Å². The second-order valence-corrected chi connectivity index (χ2v) is 6.09. The van der Waals surface area contributed by atoms with Crippen LogP contribution in [0.15, 0.2) is 42.2 Å². The Hall–Kier alpha value is -2.05. The summed E-state index contributed by atoms with van der Waals surface area (Å²) in [5, 5.41) is 6.76. The molecule has 1 N–H and O–H groups in total. The second-order valence-electron chi connectivity index (χ2n) is 4.78. The number of thiazole rings is 1. The first-order valence-corrected chi connectivity index (χ1v) is 8.07. The maximum Gasteiger partial charge on any atom is 0.223 e. The van der Waals surface area contributed by atoms with Crippen LogP contribution < -0.4 is 5.32 Å². The van der Waals surface area contributed by atoms with Gasteiger partial charge in [-0.1, -0.05) is 11.6 Å². The molecule has 0 aliphatic carbocycles. The van der Waals surface area contributed by atoms with Gasteiger partial charge in [-0.3, -0.25) is 4.98 Å². The number of hydrogen-bond donors (Lipinski definition) is 1. The molecule has 0 fully saturated rings. The predicted molar refractivity (Wildman–Crippen MR) is 89.2 cm³/mol. The van der Waals surface area contributed by atoms with Gasteiger partial charge in [0.1, 0.15) is 10.7 Å². The van der Waals surface area contributed by atoms with E-state index >= 15 is 0 Å². The molecule has 3 heterocycles. The van der Waals surface area contributed by atoms with E-state index in [1.807, 2.05) is 30.5 Å². The van der Waals surface area contributed by atoms with E-state index in [1.165, 1.54) is 0 Å². The molecular formula is C15H14ClN5S. The van der Waals surface area contributed by atoms with Gasteiger partial charge in [0.2, 0.25) is 5.95 Å². The Morgan fingerprint density at radius 3 is 2.86 bits per heavy atom. The average molecular weight is 332 g/mol. The molecule has 7 heteroatoms. The van der Waals surface area contributed by atoms with Crippen LogP contribution in [0.1, 0.15) is 12.6 Å². The van der Waals surface area contributed by atoms with Crippen LogP contribution >= 0.6 is 22.9 Å². The summed E-state index contributed by atoms with van der Waals surface area (Å²) in [6.45, 7) is 2.05. The maximum atomic E-state index is 6.14. The lowest BCUT2D eigenvalue weighted by atomic mass is 10.1. The Kier molecular flexibility index (Phi) is 4.60. The van der Waals surface area contributed by atoms with Crippen LogP contribution in [0, 0.1) is 0 Å². The number of anilines is 1. The van der Waals surface area contributed by atoms with Gasteiger partial charge in [0.05, 0.1) is 10.7 Å². The highest BCUT2D eigenvalue weighted by atomic mass is 35.5. The lowest BCUT2D eigenvalue weighted by Gasteiger charge is -2.14. The molecule has 22 heavy (non-hydrogen) atoms. The predicted octanol–water partition coefficient (Wildman–Crippen LogP) is 3.69. The van der Waals surface area contributed by atoms with Crippen molar-refractivity contribution in [3.05, 3.63) is 52.9 Å². The summed E-state index contributed by atoms with van der Waals surface area (Å²) in [6, 6.07) is 5.63. The third-order valence-electron chi connectivity index (χ3n) is 3.02. The third kappa shape index (κ3) is 3.58. The molecule has 1 atom stereocenters. The molecule has 3 rings (SSSR count). The van der Waals surface area contributed by atoms with Crippen molar-refractivity contribution in [2.45, 2.75) is 19.4 Å². The first kappa shape index (κ1) is 14.9. The van der Waals surface area contributed by atoms with Crippen LogP contribution in [0.2, 0.25) is 5.02 Å². The summed E-state index contributed by atoms with van der Waals surface area (Å²) in [5.74, 6) is 0.576. The molecular weight excluding hydrogens is 318 g/mol. The number of nitrogens with one attached hydrogen (secondary N) is 1. The minimum absolute atomic E-state index is 0.110. The molecule has 0 saturated carbocycles. The smallest absolute Gasteiger partial charge is 0.223 e. The highest BCUT2D eigenvalue weighted by Gasteiger charge is 2.10. The van der Waals surface area contributed by atoms with Gasteiger partial charge < -0.3 is 5.32 Å². The lowest BCUT2D eigenvalue weighted by molar-refractivity contribution is 0.759. The SMILES string of the molecule is CC(Cc1ncccc1Cl)Nc1nccc(-c2nccs2)n1. The fourth-order valence-corrected chi connectivity index (χ4v) is 2.83. The Balaban J connectivity index is 1.70. The van der Waals surface area contributed by atoms with E-state index in [1.54, 1.807) is 29.9 Å². The van der Waals surface area contributed by atoms with Crippen molar-refractivity contribution >= 4 is 28.9 Å². The number of nitrogens with zero attached hydrogens (tertiary/aromatic N) is 4. The van der Waals surface area contributed by atoms with Crippen molar-refractivity contribution in [2.24, 2.45) is 0 Å². The summed E-state index contributed by atoms with van der Waals surface area (Å²) in [6.07, 6.45) is 5.94. The van der Waals surface area contributed by atoms with Crippen LogP contribution in [-0.4, -0.2) is 26.0 Å². The third-order valence-corrected chi connectivity index (χ3v) is 4.16. The highest BCUT2D eigenvalue weighted by molar-refractivity contribution is 7.13. The van der Waals surface area contributed by atoms with Crippen LogP contribution in [-0.2, 0) is 6.42 Å². The summed E-state index contributed by atoms with van der Waals surface area (Å²) < 4.78 is 0. The number of pyridine rings is 1. The summed E-state index contributed by atoms with van der Waals surface area (Å²) in [7, 11) is 0. The average Bonchev–Trinajstić information content (AvgIpc) is 3.04. The van der Waals surface area contributed by atoms with Gasteiger partial charge in [0.25, 0.3) is 0 Å². The van der Waals surface area contributed by atoms with Crippen molar-refractivity contribution in [2.75, 3.05) is 5.32 Å². The molecule has 0 bridgehead atoms. The van der Waals surface area contributed by atoms with Crippen LogP contribution in [0.3, 0.4) is 0 Å². The van der Waals surface area contributed by atoms with Gasteiger partial charge in [-0.25, -0.2) is 15.0 Å². The zero-order valence-corrected chi connectivity index (χ0v) is 13.5. The van der Waals surface area contributed by atoms with E-state index in [9.17, 15) is 0 Å². The van der Waals surface area contributed by atoms with Crippen molar-refractivity contribution < 1.29 is 0 Å². The van der Waals surface area contributed by atoms with E-state index in [-0.39, 0.29) is 6.04 Å². The van der Waals surface area contributed by atoms with Crippen LogP contribution in [0.25, 0.3) is 10.7 Å². The number of aromatic nitrogens is 4. The molecule has 0 aliphatic rings. The zero-order valence-electron chi connectivity index (χ0n) is 11.9. The van der Waals surface area contributed by atoms with Crippen molar-refractivity contribution in [3.63, 3.8) is 0 Å². The van der Waals surface area contributed by atoms with Gasteiger partial charge in [-0.15, -0.1) is 11.3 Å². The number of halogens is 1. The molecule has 1 unspecified atom stereocenters. The number of hydrogen-bond acceptors (Lipinski definition) is 6. The van der Waals surface area contributed by atoms with Crippen molar-refractivity contribution in [3.8, 4) is 10.7 Å². The molecule has 0 radical (unpaired) electrons. The van der Waals surface area contributed by atoms with Gasteiger partial charge in [-0.05, 0) is 25.1 Å².